The van der Waals surface area contributed by atoms with Gasteiger partial charge in [-0.2, -0.15) is 5.26 Å². The molecule has 0 N–H and O–H groups in total. The highest BCUT2D eigenvalue weighted by molar-refractivity contribution is 7.10. The molecule has 4 heteroatoms. The first-order valence-corrected chi connectivity index (χ1v) is 6.22. The van der Waals surface area contributed by atoms with Crippen LogP contribution < -0.4 is 4.74 Å². The van der Waals surface area contributed by atoms with Crippen molar-refractivity contribution >= 4 is 11.3 Å². The standard InChI is InChI=1S/C13H12N2OS/c1-3-16-12-5-4-10(6-9(12)2)11-8-17-13(7-14)15-11/h4-6,8H,3H2,1-2H3. The predicted octanol–water partition coefficient (Wildman–Crippen LogP) is 3.39. The van der Waals surface area contributed by atoms with E-state index in [9.17, 15) is 0 Å². The Morgan fingerprint density at radius 2 is 2.29 bits per heavy atom. The Bertz CT molecular complexity index is 569. The minimum Gasteiger partial charge on any atom is -0.494 e. The van der Waals surface area contributed by atoms with Crippen LogP contribution >= 0.6 is 11.3 Å². The predicted molar refractivity (Wildman–Crippen MR) is 68.2 cm³/mol. The van der Waals surface area contributed by atoms with Crippen LogP contribution in [0.3, 0.4) is 0 Å². The molecule has 0 spiro atoms. The summed E-state index contributed by atoms with van der Waals surface area (Å²) in [4.78, 5) is 4.23. The Morgan fingerprint density at radius 1 is 1.47 bits per heavy atom. The quantitative estimate of drug-likeness (QED) is 0.831. The second kappa shape index (κ2) is 4.98. The molecule has 0 atom stereocenters. The molecular formula is C13H12N2OS. The fourth-order valence-electron chi connectivity index (χ4n) is 1.58. The van der Waals surface area contributed by atoms with E-state index in [1.165, 1.54) is 11.3 Å². The summed E-state index contributed by atoms with van der Waals surface area (Å²) in [6.45, 7) is 4.63. The van der Waals surface area contributed by atoms with Crippen molar-refractivity contribution in [3.05, 3.63) is 34.2 Å². The number of nitriles is 1. The lowest BCUT2D eigenvalue weighted by molar-refractivity contribution is 0.338. The second-order valence-electron chi connectivity index (χ2n) is 3.56. The zero-order chi connectivity index (χ0) is 12.3. The number of aromatic nitrogens is 1. The van der Waals surface area contributed by atoms with Gasteiger partial charge in [0, 0.05) is 10.9 Å². The van der Waals surface area contributed by atoms with E-state index in [0.29, 0.717) is 11.6 Å². The summed E-state index contributed by atoms with van der Waals surface area (Å²) in [5, 5.41) is 11.1. The van der Waals surface area contributed by atoms with Gasteiger partial charge in [0.1, 0.15) is 11.8 Å². The Morgan fingerprint density at radius 3 is 2.88 bits per heavy atom. The molecule has 0 fully saturated rings. The van der Waals surface area contributed by atoms with Crippen molar-refractivity contribution in [3.8, 4) is 23.1 Å². The van der Waals surface area contributed by atoms with Gasteiger partial charge >= 0.3 is 0 Å². The van der Waals surface area contributed by atoms with Gasteiger partial charge in [-0.25, -0.2) is 4.98 Å². The Balaban J connectivity index is 2.34. The molecule has 1 aromatic carbocycles. The molecule has 86 valence electrons. The lowest BCUT2D eigenvalue weighted by Gasteiger charge is -2.07. The number of nitrogens with zero attached hydrogens (tertiary/aromatic N) is 2. The van der Waals surface area contributed by atoms with Crippen LogP contribution in [0.1, 0.15) is 17.5 Å². The van der Waals surface area contributed by atoms with E-state index >= 15 is 0 Å². The number of thiazole rings is 1. The number of benzene rings is 1. The van der Waals surface area contributed by atoms with E-state index < -0.39 is 0 Å². The van der Waals surface area contributed by atoms with Crippen molar-refractivity contribution in [2.45, 2.75) is 13.8 Å². The summed E-state index contributed by atoms with van der Waals surface area (Å²) in [5.41, 5.74) is 2.94. The highest BCUT2D eigenvalue weighted by Crippen LogP contribution is 2.27. The van der Waals surface area contributed by atoms with E-state index in [0.717, 1.165) is 22.6 Å². The van der Waals surface area contributed by atoms with Crippen LogP contribution in [-0.4, -0.2) is 11.6 Å². The van der Waals surface area contributed by atoms with Crippen molar-refractivity contribution in [1.82, 2.24) is 4.98 Å². The zero-order valence-corrected chi connectivity index (χ0v) is 10.5. The topological polar surface area (TPSA) is 45.9 Å². The Labute approximate surface area is 104 Å². The lowest BCUT2D eigenvalue weighted by Crippen LogP contribution is -1.94. The average Bonchev–Trinajstić information content (AvgIpc) is 2.80. The van der Waals surface area contributed by atoms with E-state index in [1.54, 1.807) is 0 Å². The van der Waals surface area contributed by atoms with Crippen molar-refractivity contribution in [3.63, 3.8) is 0 Å². The first-order chi connectivity index (χ1) is 8.24. The Hall–Kier alpha value is -1.86. The minimum atomic E-state index is 0.492. The van der Waals surface area contributed by atoms with Crippen LogP contribution in [0.15, 0.2) is 23.6 Å². The molecule has 0 aliphatic carbocycles. The summed E-state index contributed by atoms with van der Waals surface area (Å²) in [5.74, 6) is 0.895. The molecule has 1 heterocycles. The zero-order valence-electron chi connectivity index (χ0n) is 9.73. The number of aryl methyl sites for hydroxylation is 1. The van der Waals surface area contributed by atoms with Crippen LogP contribution in [0.25, 0.3) is 11.3 Å². The molecule has 2 rings (SSSR count). The molecule has 3 nitrogen and oxygen atoms in total. The summed E-state index contributed by atoms with van der Waals surface area (Å²) in [7, 11) is 0. The maximum atomic E-state index is 8.74. The summed E-state index contributed by atoms with van der Waals surface area (Å²) < 4.78 is 5.48. The van der Waals surface area contributed by atoms with Crippen molar-refractivity contribution < 1.29 is 4.74 Å². The number of rotatable bonds is 3. The molecular weight excluding hydrogens is 232 g/mol. The van der Waals surface area contributed by atoms with Crippen molar-refractivity contribution in [2.75, 3.05) is 6.61 Å². The second-order valence-corrected chi connectivity index (χ2v) is 4.42. The molecule has 0 aliphatic heterocycles. The van der Waals surface area contributed by atoms with Gasteiger partial charge in [-0.1, -0.05) is 0 Å². The normalized spacial score (nSPS) is 9.94. The molecule has 0 amide bonds. The highest BCUT2D eigenvalue weighted by atomic mass is 32.1. The van der Waals surface area contributed by atoms with E-state index in [4.69, 9.17) is 10.00 Å². The van der Waals surface area contributed by atoms with Gasteiger partial charge in [0.2, 0.25) is 0 Å². The van der Waals surface area contributed by atoms with Gasteiger partial charge in [0.05, 0.1) is 12.3 Å². The monoisotopic (exact) mass is 244 g/mol. The average molecular weight is 244 g/mol. The molecule has 0 unspecified atom stereocenters. The maximum Gasteiger partial charge on any atom is 0.194 e. The molecule has 17 heavy (non-hydrogen) atoms. The first-order valence-electron chi connectivity index (χ1n) is 5.34. The van der Waals surface area contributed by atoms with Crippen LogP contribution in [0.2, 0.25) is 0 Å². The SMILES string of the molecule is CCOc1ccc(-c2csc(C#N)n2)cc1C. The number of hydrogen-bond donors (Lipinski definition) is 0. The molecule has 2 aromatic rings. The largest absolute Gasteiger partial charge is 0.494 e. The molecule has 0 aliphatic rings. The molecule has 0 saturated carbocycles. The van der Waals surface area contributed by atoms with Gasteiger partial charge in [-0.15, -0.1) is 11.3 Å². The number of ether oxygens (including phenoxy) is 1. The van der Waals surface area contributed by atoms with E-state index in [-0.39, 0.29) is 0 Å². The Kier molecular flexibility index (Phi) is 3.40. The molecule has 0 bridgehead atoms. The van der Waals surface area contributed by atoms with Gasteiger partial charge < -0.3 is 4.74 Å². The van der Waals surface area contributed by atoms with E-state index in [2.05, 4.69) is 4.98 Å². The number of hydrogen-bond acceptors (Lipinski definition) is 4. The van der Waals surface area contributed by atoms with E-state index in [1.807, 2.05) is 43.5 Å². The van der Waals surface area contributed by atoms with Gasteiger partial charge in [-0.05, 0) is 37.6 Å². The summed E-state index contributed by atoms with van der Waals surface area (Å²) >= 11 is 1.36. The van der Waals surface area contributed by atoms with Gasteiger partial charge in [0.15, 0.2) is 5.01 Å². The van der Waals surface area contributed by atoms with Crippen LogP contribution in [0, 0.1) is 18.3 Å². The maximum absolute atomic E-state index is 8.74. The van der Waals surface area contributed by atoms with Crippen molar-refractivity contribution in [1.29, 1.82) is 5.26 Å². The third kappa shape index (κ3) is 2.45. The lowest BCUT2D eigenvalue weighted by atomic mass is 10.1. The van der Waals surface area contributed by atoms with Gasteiger partial charge in [-0.3, -0.25) is 0 Å². The van der Waals surface area contributed by atoms with Crippen LogP contribution in [0.5, 0.6) is 5.75 Å². The molecule has 0 saturated heterocycles. The van der Waals surface area contributed by atoms with Crippen LogP contribution in [-0.2, 0) is 0 Å². The third-order valence-electron chi connectivity index (χ3n) is 2.37. The fourth-order valence-corrected chi connectivity index (χ4v) is 2.20. The summed E-state index contributed by atoms with van der Waals surface area (Å²) in [6, 6.07) is 7.99. The van der Waals surface area contributed by atoms with Crippen LogP contribution in [0.4, 0.5) is 0 Å². The first kappa shape index (κ1) is 11.6. The summed E-state index contributed by atoms with van der Waals surface area (Å²) in [6.07, 6.45) is 0. The third-order valence-corrected chi connectivity index (χ3v) is 3.12. The smallest absolute Gasteiger partial charge is 0.194 e. The van der Waals surface area contributed by atoms with Crippen molar-refractivity contribution in [2.24, 2.45) is 0 Å². The highest BCUT2D eigenvalue weighted by Gasteiger charge is 2.06. The molecule has 1 aromatic heterocycles. The fraction of sp³-hybridized carbons (Fsp3) is 0.231. The van der Waals surface area contributed by atoms with Gasteiger partial charge in [0.25, 0.3) is 0 Å². The minimum absolute atomic E-state index is 0.492. The molecule has 0 radical (unpaired) electrons.